The summed E-state index contributed by atoms with van der Waals surface area (Å²) in [4.78, 5) is 105. The first-order valence-electron chi connectivity index (χ1n) is 20.4. The second-order valence-electron chi connectivity index (χ2n) is 15.9. The van der Waals surface area contributed by atoms with Gasteiger partial charge in [-0.15, -0.1) is 11.3 Å². The molecule has 5 aliphatic rings. The Morgan fingerprint density at radius 3 is 2.44 bits per heavy atom. The molecule has 6 heterocycles. The fourth-order valence-corrected chi connectivity index (χ4v) is 9.67. The summed E-state index contributed by atoms with van der Waals surface area (Å²) in [5.41, 5.74) is 2.55. The number of thiazole rings is 1. The van der Waals surface area contributed by atoms with Gasteiger partial charge in [-0.1, -0.05) is 12.1 Å². The molecule has 5 aliphatic heterocycles. The number of phenolic OH excluding ortho intramolecular Hbond substituents is 1. The third-order valence-corrected chi connectivity index (χ3v) is 13.0. The minimum absolute atomic E-state index is 0.0182. The van der Waals surface area contributed by atoms with Crippen molar-refractivity contribution in [2.75, 3.05) is 61.3 Å². The number of benzene rings is 3. The van der Waals surface area contributed by atoms with Gasteiger partial charge in [0.1, 0.15) is 23.7 Å². The van der Waals surface area contributed by atoms with E-state index in [2.05, 4.69) is 30.7 Å². The number of carbonyl (C=O) groups is 7. The summed E-state index contributed by atoms with van der Waals surface area (Å²) in [7, 11) is 0. The molecule has 62 heavy (non-hydrogen) atoms. The SMILES string of the molecule is O=C1CCC(N2C(=O)c3cccc(NCC(=O)N4CCN(C5CCN(c6ccc7c(c6)C(=O)N(C(C(=O)Nc6nccs6)c6cc(F)ccc6O)C7)CC5)CC4)c3C2=O)C(=O)N1. The van der Waals surface area contributed by atoms with Crippen LogP contribution < -0.4 is 20.9 Å². The topological polar surface area (TPSA) is 205 Å². The average molecular weight is 864 g/mol. The first-order valence-corrected chi connectivity index (χ1v) is 21.3. The average Bonchev–Trinajstić information content (AvgIpc) is 3.97. The summed E-state index contributed by atoms with van der Waals surface area (Å²) in [5.74, 6) is -4.55. The van der Waals surface area contributed by atoms with Gasteiger partial charge in [-0.2, -0.15) is 0 Å². The van der Waals surface area contributed by atoms with Gasteiger partial charge in [-0.3, -0.25) is 54.0 Å². The van der Waals surface area contributed by atoms with E-state index in [0.717, 1.165) is 54.7 Å². The van der Waals surface area contributed by atoms with Crippen LogP contribution in [0.5, 0.6) is 5.75 Å². The summed E-state index contributed by atoms with van der Waals surface area (Å²) in [5, 5.41) is 20.6. The first-order chi connectivity index (χ1) is 29.9. The second-order valence-corrected chi connectivity index (χ2v) is 16.8. The van der Waals surface area contributed by atoms with Crippen molar-refractivity contribution in [1.82, 2.24) is 29.9 Å². The van der Waals surface area contributed by atoms with Crippen molar-refractivity contribution in [3.63, 3.8) is 0 Å². The molecule has 9 rings (SSSR count). The summed E-state index contributed by atoms with van der Waals surface area (Å²) in [6, 6.07) is 11.6. The molecule has 3 fully saturated rings. The number of imide groups is 2. The molecule has 0 bridgehead atoms. The Balaban J connectivity index is 0.781. The smallest absolute Gasteiger partial charge is 0.264 e. The lowest BCUT2D eigenvalue weighted by Gasteiger charge is -2.43. The highest BCUT2D eigenvalue weighted by Crippen LogP contribution is 2.38. The molecule has 19 heteroatoms. The number of nitrogens with one attached hydrogen (secondary N) is 3. The fraction of sp³-hybridized carbons (Fsp3) is 0.349. The largest absolute Gasteiger partial charge is 0.508 e. The van der Waals surface area contributed by atoms with Crippen LogP contribution in [-0.4, -0.2) is 129 Å². The predicted octanol–water partition coefficient (Wildman–Crippen LogP) is 2.95. The molecule has 3 saturated heterocycles. The van der Waals surface area contributed by atoms with Crippen molar-refractivity contribution >= 4 is 69.2 Å². The van der Waals surface area contributed by atoms with Crippen molar-refractivity contribution in [3.8, 4) is 5.75 Å². The lowest BCUT2D eigenvalue weighted by Crippen LogP contribution is -2.55. The molecular formula is C43H42FN9O8S. The highest BCUT2D eigenvalue weighted by atomic mass is 32.1. The molecule has 320 valence electrons. The van der Waals surface area contributed by atoms with Gasteiger partial charge >= 0.3 is 0 Å². The van der Waals surface area contributed by atoms with Crippen LogP contribution in [0.4, 0.5) is 20.9 Å². The number of hydrogen-bond acceptors (Lipinski definition) is 13. The lowest BCUT2D eigenvalue weighted by atomic mass is 10.0. The van der Waals surface area contributed by atoms with Crippen LogP contribution >= 0.6 is 11.3 Å². The zero-order chi connectivity index (χ0) is 43.2. The number of rotatable bonds is 10. The van der Waals surface area contributed by atoms with E-state index in [4.69, 9.17) is 0 Å². The molecule has 2 unspecified atom stereocenters. The lowest BCUT2D eigenvalue weighted by molar-refractivity contribution is -0.136. The van der Waals surface area contributed by atoms with Gasteiger partial charge in [0.15, 0.2) is 5.13 Å². The van der Waals surface area contributed by atoms with Gasteiger partial charge in [0, 0.05) is 92.4 Å². The van der Waals surface area contributed by atoms with Gasteiger partial charge in [-0.25, -0.2) is 9.37 Å². The van der Waals surface area contributed by atoms with Crippen LogP contribution in [0, 0.1) is 5.82 Å². The number of carbonyl (C=O) groups excluding carboxylic acids is 7. The summed E-state index contributed by atoms with van der Waals surface area (Å²) >= 11 is 1.20. The highest BCUT2D eigenvalue weighted by molar-refractivity contribution is 7.13. The summed E-state index contributed by atoms with van der Waals surface area (Å²) in [6.07, 6.45) is 3.33. The molecule has 0 radical (unpaired) electrons. The summed E-state index contributed by atoms with van der Waals surface area (Å²) < 4.78 is 14.4. The Morgan fingerprint density at radius 2 is 1.69 bits per heavy atom. The number of amides is 7. The maximum absolute atomic E-state index is 14.4. The van der Waals surface area contributed by atoms with E-state index in [0.29, 0.717) is 54.2 Å². The van der Waals surface area contributed by atoms with E-state index >= 15 is 0 Å². The van der Waals surface area contributed by atoms with Crippen molar-refractivity contribution in [2.45, 2.75) is 50.4 Å². The molecular weight excluding hydrogens is 822 g/mol. The van der Waals surface area contributed by atoms with Crippen LogP contribution in [0.15, 0.2) is 66.2 Å². The van der Waals surface area contributed by atoms with Gasteiger partial charge in [0.05, 0.1) is 17.7 Å². The van der Waals surface area contributed by atoms with Gasteiger partial charge in [0.2, 0.25) is 17.7 Å². The Bertz CT molecular complexity index is 2500. The van der Waals surface area contributed by atoms with E-state index in [1.54, 1.807) is 22.4 Å². The zero-order valence-corrected chi connectivity index (χ0v) is 34.2. The van der Waals surface area contributed by atoms with Crippen molar-refractivity contribution < 1.29 is 43.1 Å². The highest BCUT2D eigenvalue weighted by Gasteiger charge is 2.46. The second kappa shape index (κ2) is 16.6. The molecule has 1 aromatic heterocycles. The number of anilines is 3. The van der Waals surface area contributed by atoms with E-state index in [9.17, 15) is 43.1 Å². The van der Waals surface area contributed by atoms with Crippen molar-refractivity contribution in [1.29, 1.82) is 0 Å². The monoisotopic (exact) mass is 863 g/mol. The van der Waals surface area contributed by atoms with Crippen LogP contribution in [0.1, 0.15) is 73.9 Å². The first kappa shape index (κ1) is 40.7. The number of aromatic nitrogens is 1. The number of aromatic hydroxyl groups is 1. The third-order valence-electron chi connectivity index (χ3n) is 12.3. The van der Waals surface area contributed by atoms with Crippen LogP contribution in [0.3, 0.4) is 0 Å². The van der Waals surface area contributed by atoms with Gasteiger partial charge < -0.3 is 25.1 Å². The van der Waals surface area contributed by atoms with Gasteiger partial charge in [-0.05, 0) is 67.3 Å². The van der Waals surface area contributed by atoms with Crippen LogP contribution in [0.25, 0.3) is 0 Å². The maximum Gasteiger partial charge on any atom is 0.264 e. The number of piperidine rings is 2. The van der Waals surface area contributed by atoms with Crippen molar-refractivity contribution in [2.24, 2.45) is 0 Å². The maximum atomic E-state index is 14.4. The minimum Gasteiger partial charge on any atom is -0.508 e. The van der Waals surface area contributed by atoms with E-state index in [-0.39, 0.29) is 54.3 Å². The van der Waals surface area contributed by atoms with E-state index in [1.165, 1.54) is 28.5 Å². The number of phenols is 1. The quantitative estimate of drug-likeness (QED) is 0.170. The number of halogens is 1. The van der Waals surface area contributed by atoms with E-state index in [1.807, 2.05) is 18.2 Å². The molecule has 3 aromatic carbocycles. The Labute approximate surface area is 358 Å². The fourth-order valence-electron chi connectivity index (χ4n) is 9.14. The van der Waals surface area contributed by atoms with Gasteiger partial charge in [0.25, 0.3) is 23.6 Å². The summed E-state index contributed by atoms with van der Waals surface area (Å²) in [6.45, 7) is 3.89. The van der Waals surface area contributed by atoms with Crippen LogP contribution in [-0.2, 0) is 25.7 Å². The third kappa shape index (κ3) is 7.61. The molecule has 4 N–H and O–H groups in total. The molecule has 0 aliphatic carbocycles. The molecule has 7 amide bonds. The predicted molar refractivity (Wildman–Crippen MR) is 223 cm³/mol. The molecule has 0 spiro atoms. The minimum atomic E-state index is -1.32. The number of fused-ring (bicyclic) bond motifs is 2. The Kier molecular flexibility index (Phi) is 10.9. The Hall–Kier alpha value is -6.73. The number of nitrogens with zero attached hydrogens (tertiary/aromatic N) is 6. The molecule has 4 aromatic rings. The molecule has 2 atom stereocenters. The van der Waals surface area contributed by atoms with E-state index < -0.39 is 53.3 Å². The molecule has 0 saturated carbocycles. The number of piperazine rings is 1. The number of hydrogen-bond donors (Lipinski definition) is 4. The standard InChI is InChI=1S/C43H42FN9O8S/c44-25-5-8-33(54)30(20-25)37(39(58)48-43-45-12-19-62-43)52-23-24-4-6-27(21-29(24)40(52)59)49-13-10-26(11-14-49)50-15-17-51(18-16-50)35(56)22-46-31-3-1-2-28-36(31)42(61)53(41(28)60)32-7-9-34(55)47-38(32)57/h1-6,8,12,19-21,26,32,37,46,54H,7,9-11,13-18,22-23H2,(H,45,48,58)(H,47,55,57). The molecule has 17 nitrogen and oxygen atoms in total. The van der Waals surface area contributed by atoms with Crippen LogP contribution in [0.2, 0.25) is 0 Å². The normalized spacial score (nSPS) is 20.0. The van der Waals surface area contributed by atoms with Crippen molar-refractivity contribution in [3.05, 3.63) is 99.8 Å². The Morgan fingerprint density at radius 1 is 0.903 bits per heavy atom. The zero-order valence-electron chi connectivity index (χ0n) is 33.3.